The van der Waals surface area contributed by atoms with Gasteiger partial charge in [0.2, 0.25) is 0 Å². The Morgan fingerprint density at radius 2 is 1.88 bits per heavy atom. The minimum Gasteiger partial charge on any atom is -0.478 e. The van der Waals surface area contributed by atoms with Gasteiger partial charge in [0, 0.05) is 12.1 Å². The molecular weight excluding hydrogens is 302 g/mol. The Hall–Kier alpha value is -2.95. The van der Waals surface area contributed by atoms with Crippen LogP contribution >= 0.6 is 0 Å². The molecular formula is C19H19N3O2. The molecule has 0 amide bonds. The van der Waals surface area contributed by atoms with Crippen LogP contribution in [0.1, 0.15) is 41.5 Å². The van der Waals surface area contributed by atoms with Gasteiger partial charge in [-0.2, -0.15) is 0 Å². The van der Waals surface area contributed by atoms with Crippen molar-refractivity contribution in [3.8, 4) is 11.4 Å². The van der Waals surface area contributed by atoms with E-state index in [1.165, 1.54) is 17.8 Å². The van der Waals surface area contributed by atoms with E-state index in [2.05, 4.69) is 40.9 Å². The summed E-state index contributed by atoms with van der Waals surface area (Å²) >= 11 is 0. The summed E-state index contributed by atoms with van der Waals surface area (Å²) < 4.78 is 0. The highest BCUT2D eigenvalue weighted by atomic mass is 16.4. The van der Waals surface area contributed by atoms with Crippen molar-refractivity contribution in [2.75, 3.05) is 0 Å². The number of carbonyl (C=O) groups is 1. The molecule has 1 unspecified atom stereocenters. The van der Waals surface area contributed by atoms with Gasteiger partial charge in [-0.15, -0.1) is 0 Å². The molecule has 0 spiro atoms. The Morgan fingerprint density at radius 1 is 1.12 bits per heavy atom. The number of benzene rings is 1. The van der Waals surface area contributed by atoms with Crippen molar-refractivity contribution in [1.82, 2.24) is 15.0 Å². The van der Waals surface area contributed by atoms with Crippen LogP contribution < -0.4 is 0 Å². The fourth-order valence-electron chi connectivity index (χ4n) is 2.85. The fraction of sp³-hybridized carbons (Fsp3) is 0.211. The highest BCUT2D eigenvalue weighted by Crippen LogP contribution is 2.31. The largest absolute Gasteiger partial charge is 0.478 e. The summed E-state index contributed by atoms with van der Waals surface area (Å²) in [7, 11) is 0. The van der Waals surface area contributed by atoms with E-state index in [1.54, 1.807) is 12.3 Å². The summed E-state index contributed by atoms with van der Waals surface area (Å²) in [5.41, 5.74) is 2.69. The first-order valence-corrected chi connectivity index (χ1v) is 7.86. The number of aromatic nitrogens is 3. The van der Waals surface area contributed by atoms with Crippen molar-refractivity contribution in [1.29, 1.82) is 0 Å². The van der Waals surface area contributed by atoms with Crippen LogP contribution in [0.3, 0.4) is 0 Å². The van der Waals surface area contributed by atoms with Gasteiger partial charge in [0.25, 0.3) is 0 Å². The van der Waals surface area contributed by atoms with Crippen LogP contribution in [0.5, 0.6) is 0 Å². The second-order valence-electron chi connectivity index (χ2n) is 6.05. The molecule has 0 aliphatic rings. The highest BCUT2D eigenvalue weighted by Gasteiger charge is 2.21. The van der Waals surface area contributed by atoms with Crippen molar-refractivity contribution in [2.45, 2.75) is 19.8 Å². The molecule has 24 heavy (non-hydrogen) atoms. The van der Waals surface area contributed by atoms with Gasteiger partial charge in [0.15, 0.2) is 0 Å². The third-order valence-electron chi connectivity index (χ3n) is 4.00. The van der Waals surface area contributed by atoms with E-state index in [9.17, 15) is 4.79 Å². The van der Waals surface area contributed by atoms with E-state index in [0.717, 1.165) is 11.5 Å². The predicted molar refractivity (Wildman–Crippen MR) is 91.9 cm³/mol. The Bertz CT molecular complexity index is 841. The fourth-order valence-corrected chi connectivity index (χ4v) is 2.85. The van der Waals surface area contributed by atoms with Crippen LogP contribution in [0.4, 0.5) is 0 Å². The number of aromatic amines is 1. The van der Waals surface area contributed by atoms with E-state index in [-0.39, 0.29) is 11.5 Å². The minimum atomic E-state index is -0.970. The number of carboxylic acid groups (broad SMARTS) is 1. The van der Waals surface area contributed by atoms with Gasteiger partial charge < -0.3 is 10.1 Å². The number of nitrogens with zero attached hydrogens (tertiary/aromatic N) is 2. The van der Waals surface area contributed by atoms with Gasteiger partial charge in [0.1, 0.15) is 5.82 Å². The quantitative estimate of drug-likeness (QED) is 0.745. The Morgan fingerprint density at radius 3 is 2.54 bits per heavy atom. The van der Waals surface area contributed by atoms with E-state index >= 15 is 0 Å². The Kier molecular flexibility index (Phi) is 4.42. The number of hydrogen-bond donors (Lipinski definition) is 2. The number of H-pyrrole nitrogens is 1. The third kappa shape index (κ3) is 3.20. The Balaban J connectivity index is 1.97. The number of nitrogens with one attached hydrogen (secondary N) is 1. The molecule has 2 N–H and O–H groups in total. The number of rotatable bonds is 5. The smallest absolute Gasteiger partial charge is 0.335 e. The summed E-state index contributed by atoms with van der Waals surface area (Å²) in [6.45, 7) is 4.31. The van der Waals surface area contributed by atoms with Gasteiger partial charge in [0.05, 0.1) is 23.1 Å². The van der Waals surface area contributed by atoms with Gasteiger partial charge in [-0.25, -0.2) is 9.78 Å². The lowest BCUT2D eigenvalue weighted by atomic mass is 9.88. The summed E-state index contributed by atoms with van der Waals surface area (Å²) in [6, 6.07) is 13.2. The maximum atomic E-state index is 11.1. The molecule has 3 aromatic rings. The average Bonchev–Trinajstić information content (AvgIpc) is 3.05. The zero-order chi connectivity index (χ0) is 17.1. The number of aromatic carboxylic acids is 1. The molecule has 0 aliphatic carbocycles. The molecule has 0 aliphatic heterocycles. The lowest BCUT2D eigenvalue weighted by Crippen LogP contribution is -2.10. The standard InChI is InChI=1S/C19H19N3O2/c1-12(2)17(13-6-4-3-5-7-13)18-21-11-16(22-18)15-10-14(19(23)24)8-9-20-15/h3-12,17H,1-2H3,(H,21,22)(H,23,24). The summed E-state index contributed by atoms with van der Waals surface area (Å²) in [4.78, 5) is 23.2. The second-order valence-corrected chi connectivity index (χ2v) is 6.05. The normalized spacial score (nSPS) is 12.3. The average molecular weight is 321 g/mol. The van der Waals surface area contributed by atoms with Crippen molar-refractivity contribution in [2.24, 2.45) is 5.92 Å². The summed E-state index contributed by atoms with van der Waals surface area (Å²) in [5, 5.41) is 9.12. The van der Waals surface area contributed by atoms with Crippen molar-refractivity contribution in [3.05, 3.63) is 71.8 Å². The van der Waals surface area contributed by atoms with E-state index in [0.29, 0.717) is 11.6 Å². The van der Waals surface area contributed by atoms with Crippen molar-refractivity contribution < 1.29 is 9.90 Å². The van der Waals surface area contributed by atoms with Gasteiger partial charge >= 0.3 is 5.97 Å². The van der Waals surface area contributed by atoms with Crippen molar-refractivity contribution in [3.63, 3.8) is 0 Å². The minimum absolute atomic E-state index is 0.141. The maximum Gasteiger partial charge on any atom is 0.335 e. The highest BCUT2D eigenvalue weighted by molar-refractivity contribution is 5.88. The van der Waals surface area contributed by atoms with E-state index in [4.69, 9.17) is 5.11 Å². The van der Waals surface area contributed by atoms with Gasteiger partial charge in [-0.1, -0.05) is 44.2 Å². The van der Waals surface area contributed by atoms with Crippen LogP contribution in [0.25, 0.3) is 11.4 Å². The first-order valence-electron chi connectivity index (χ1n) is 7.86. The lowest BCUT2D eigenvalue weighted by Gasteiger charge is -2.19. The van der Waals surface area contributed by atoms with Crippen LogP contribution in [0.15, 0.2) is 54.9 Å². The van der Waals surface area contributed by atoms with E-state index in [1.807, 2.05) is 18.2 Å². The molecule has 0 saturated carbocycles. The zero-order valence-electron chi connectivity index (χ0n) is 13.6. The summed E-state index contributed by atoms with van der Waals surface area (Å²) in [5.74, 6) is 0.392. The lowest BCUT2D eigenvalue weighted by molar-refractivity contribution is 0.0697. The first-order chi connectivity index (χ1) is 11.6. The molecule has 2 aromatic heterocycles. The molecule has 0 saturated heterocycles. The maximum absolute atomic E-state index is 11.1. The van der Waals surface area contributed by atoms with Crippen LogP contribution in [0.2, 0.25) is 0 Å². The van der Waals surface area contributed by atoms with Crippen LogP contribution in [0, 0.1) is 5.92 Å². The summed E-state index contributed by atoms with van der Waals surface area (Å²) in [6.07, 6.45) is 3.21. The van der Waals surface area contributed by atoms with Crippen LogP contribution in [-0.2, 0) is 0 Å². The molecule has 1 aromatic carbocycles. The second kappa shape index (κ2) is 6.66. The molecule has 5 nitrogen and oxygen atoms in total. The number of pyridine rings is 1. The van der Waals surface area contributed by atoms with Gasteiger partial charge in [-0.05, 0) is 23.6 Å². The predicted octanol–water partition coefficient (Wildman–Crippen LogP) is 3.96. The number of hydrogen-bond acceptors (Lipinski definition) is 3. The molecule has 5 heteroatoms. The van der Waals surface area contributed by atoms with E-state index < -0.39 is 5.97 Å². The Labute approximate surface area is 140 Å². The molecule has 1 atom stereocenters. The SMILES string of the molecule is CC(C)C(c1ccccc1)c1ncc(-c2cc(C(=O)O)ccn2)[nH]1. The molecule has 122 valence electrons. The number of carboxylic acids is 1. The van der Waals surface area contributed by atoms with Crippen LogP contribution in [-0.4, -0.2) is 26.0 Å². The molecule has 3 rings (SSSR count). The van der Waals surface area contributed by atoms with Crippen molar-refractivity contribution >= 4 is 5.97 Å². The third-order valence-corrected chi connectivity index (χ3v) is 4.00. The molecule has 2 heterocycles. The topological polar surface area (TPSA) is 78.9 Å². The molecule has 0 bridgehead atoms. The zero-order valence-corrected chi connectivity index (χ0v) is 13.6. The number of imidazole rings is 1. The monoisotopic (exact) mass is 321 g/mol. The first kappa shape index (κ1) is 15.9. The molecule has 0 radical (unpaired) electrons. The van der Waals surface area contributed by atoms with Gasteiger partial charge in [-0.3, -0.25) is 4.98 Å². The molecule has 0 fully saturated rings.